The number of aliphatic hydroxyl groups excluding tert-OH is 2. The van der Waals surface area contributed by atoms with Crippen molar-refractivity contribution in [1.29, 1.82) is 0 Å². The molecule has 62 heavy (non-hydrogen) atoms. The van der Waals surface area contributed by atoms with Crippen LogP contribution in [0.5, 0.6) is 23.0 Å². The van der Waals surface area contributed by atoms with E-state index in [1.165, 1.54) is 0 Å². The number of hydrogen-bond donors (Lipinski definition) is 2. The summed E-state index contributed by atoms with van der Waals surface area (Å²) in [6.07, 6.45) is 10.1. The number of carbonyl (C=O) groups excluding carboxylic acids is 1. The third-order valence-corrected chi connectivity index (χ3v) is 12.7. The fourth-order valence-corrected chi connectivity index (χ4v) is 10.1. The van der Waals surface area contributed by atoms with E-state index in [1.54, 1.807) is 20.3 Å². The van der Waals surface area contributed by atoms with Gasteiger partial charge in [-0.15, -0.1) is 6.58 Å². The van der Waals surface area contributed by atoms with E-state index in [-0.39, 0.29) is 49.9 Å². The Morgan fingerprint density at radius 1 is 0.887 bits per heavy atom. The number of benzene rings is 4. The first kappa shape index (κ1) is 44.6. The van der Waals surface area contributed by atoms with Crippen LogP contribution in [0.4, 0.5) is 0 Å². The fourth-order valence-electron chi connectivity index (χ4n) is 10.1. The maximum absolute atomic E-state index is 14.8. The molecule has 10 nitrogen and oxygen atoms in total. The van der Waals surface area contributed by atoms with E-state index in [4.69, 9.17) is 28.9 Å². The molecule has 0 aromatic heterocycles. The standard InChI is InChI=1S/C52H62N2O8/c1-5-27-54(49(57)32-36-15-14-19-41(31-36)58-3)48-35-46(53-59-4)44-33-39(18-10-12-28-55)43(20-11-13-29-56)50-45-34-42(25-26-47(45)62-52(48,51(44)50)60-30-6-2)61-40-23-21-38(22-24-40)37-16-8-7-9-17-37/h6-9,14-17,19,21-26,31,33-34,39,43,48,50-51,55-56H,2,5,10-13,18,20,27-30,32,35H2,1,3-4H3. The van der Waals surface area contributed by atoms with E-state index < -0.39 is 17.7 Å². The number of oxime groups is 1. The van der Waals surface area contributed by atoms with E-state index in [0.717, 1.165) is 59.2 Å². The van der Waals surface area contributed by atoms with Crippen molar-refractivity contribution in [2.24, 2.45) is 22.9 Å². The minimum atomic E-state index is -1.33. The molecule has 7 rings (SSSR count). The number of amides is 1. The van der Waals surface area contributed by atoms with Crippen molar-refractivity contribution in [1.82, 2.24) is 4.90 Å². The van der Waals surface area contributed by atoms with Crippen LogP contribution >= 0.6 is 0 Å². The summed E-state index contributed by atoms with van der Waals surface area (Å²) < 4.78 is 26.6. The Balaban J connectivity index is 1.37. The molecular weight excluding hydrogens is 781 g/mol. The van der Waals surface area contributed by atoms with Crippen LogP contribution in [0.2, 0.25) is 0 Å². The maximum atomic E-state index is 14.8. The summed E-state index contributed by atoms with van der Waals surface area (Å²) in [5, 5.41) is 24.6. The number of carbonyl (C=O) groups is 1. The number of unbranched alkanes of at least 4 members (excludes halogenated alkanes) is 2. The van der Waals surface area contributed by atoms with Gasteiger partial charge in [0.05, 0.1) is 31.8 Å². The third kappa shape index (κ3) is 9.63. The molecule has 6 unspecified atom stereocenters. The number of allylic oxidation sites excluding steroid dienone is 1. The molecule has 1 aliphatic heterocycles. The minimum Gasteiger partial charge on any atom is -0.497 e. The van der Waals surface area contributed by atoms with E-state index in [9.17, 15) is 15.0 Å². The van der Waals surface area contributed by atoms with Crippen LogP contribution < -0.4 is 14.2 Å². The zero-order valence-electron chi connectivity index (χ0n) is 36.4. The first-order valence-corrected chi connectivity index (χ1v) is 22.2. The molecular formula is C52H62N2O8. The number of rotatable bonds is 21. The highest BCUT2D eigenvalue weighted by Crippen LogP contribution is 2.62. The predicted molar refractivity (Wildman–Crippen MR) is 243 cm³/mol. The Labute approximate surface area is 366 Å². The summed E-state index contributed by atoms with van der Waals surface area (Å²) >= 11 is 0. The van der Waals surface area contributed by atoms with Gasteiger partial charge in [-0.1, -0.05) is 91.7 Å². The molecule has 0 bridgehead atoms. The van der Waals surface area contributed by atoms with Crippen molar-refractivity contribution in [3.63, 3.8) is 0 Å². The van der Waals surface area contributed by atoms with Crippen molar-refractivity contribution >= 4 is 11.6 Å². The number of methoxy groups -OCH3 is 1. The summed E-state index contributed by atoms with van der Waals surface area (Å²) in [5.41, 5.74) is 5.85. The molecule has 1 heterocycles. The number of aliphatic hydroxyl groups is 2. The summed E-state index contributed by atoms with van der Waals surface area (Å²) in [4.78, 5) is 22.4. The zero-order valence-corrected chi connectivity index (χ0v) is 36.4. The quantitative estimate of drug-likeness (QED) is 0.0484. The molecule has 4 aromatic rings. The van der Waals surface area contributed by atoms with Crippen molar-refractivity contribution in [3.05, 3.63) is 132 Å². The lowest BCUT2D eigenvalue weighted by Gasteiger charge is -2.60. The predicted octanol–water partition coefficient (Wildman–Crippen LogP) is 9.90. The van der Waals surface area contributed by atoms with Crippen LogP contribution in [0.1, 0.15) is 75.3 Å². The van der Waals surface area contributed by atoms with Gasteiger partial charge in [0, 0.05) is 37.7 Å². The first-order chi connectivity index (χ1) is 30.4. The highest BCUT2D eigenvalue weighted by atomic mass is 16.7. The lowest BCUT2D eigenvalue weighted by molar-refractivity contribution is -0.257. The smallest absolute Gasteiger partial charge is 0.239 e. The van der Waals surface area contributed by atoms with Crippen LogP contribution in [0, 0.1) is 17.8 Å². The highest BCUT2D eigenvalue weighted by Gasteiger charge is 2.65. The maximum Gasteiger partial charge on any atom is 0.239 e. The van der Waals surface area contributed by atoms with Gasteiger partial charge in [0.1, 0.15) is 36.1 Å². The Hall–Kier alpha value is -5.42. The molecule has 1 amide bonds. The Morgan fingerprint density at radius 2 is 1.63 bits per heavy atom. The van der Waals surface area contributed by atoms with Crippen LogP contribution in [0.3, 0.4) is 0 Å². The number of ether oxygens (including phenoxy) is 4. The van der Waals surface area contributed by atoms with Gasteiger partial charge in [0.2, 0.25) is 11.7 Å². The molecule has 0 spiro atoms. The Morgan fingerprint density at radius 3 is 2.34 bits per heavy atom. The second kappa shape index (κ2) is 21.1. The summed E-state index contributed by atoms with van der Waals surface area (Å²) in [5.74, 6) is 1.04. The van der Waals surface area contributed by atoms with E-state index in [1.807, 2.05) is 71.6 Å². The molecule has 1 fully saturated rings. The largest absolute Gasteiger partial charge is 0.497 e. The minimum absolute atomic E-state index is 0.0546. The van der Waals surface area contributed by atoms with Crippen molar-refractivity contribution in [2.75, 3.05) is 40.6 Å². The van der Waals surface area contributed by atoms with Gasteiger partial charge >= 0.3 is 0 Å². The molecule has 328 valence electrons. The lowest BCUT2D eigenvalue weighted by Crippen LogP contribution is -2.70. The SMILES string of the molecule is C=CCOC12Oc3ccc(Oc4ccc(-c5ccccc5)cc4)cc3C3C(CCCCO)C(CCCCO)C=C(C(=NOC)CC1N(CCC)C(=O)Cc1cccc(OC)c1)C32. The molecule has 4 aromatic carbocycles. The zero-order chi connectivity index (χ0) is 43.5. The first-order valence-electron chi connectivity index (χ1n) is 22.2. The average molecular weight is 843 g/mol. The van der Waals surface area contributed by atoms with E-state index in [2.05, 4.69) is 49.9 Å². The lowest BCUT2D eigenvalue weighted by atomic mass is 9.55. The summed E-state index contributed by atoms with van der Waals surface area (Å²) in [7, 11) is 3.19. The third-order valence-electron chi connectivity index (χ3n) is 12.7. The summed E-state index contributed by atoms with van der Waals surface area (Å²) in [6, 6.07) is 31.5. The van der Waals surface area contributed by atoms with Gasteiger partial charge < -0.3 is 38.9 Å². The van der Waals surface area contributed by atoms with Crippen LogP contribution in [0.25, 0.3) is 11.1 Å². The molecule has 2 aliphatic carbocycles. The molecule has 2 N–H and O–H groups in total. The second-order valence-corrected chi connectivity index (χ2v) is 16.6. The van der Waals surface area contributed by atoms with Crippen molar-refractivity contribution in [3.8, 4) is 34.1 Å². The van der Waals surface area contributed by atoms with Crippen molar-refractivity contribution < 1.29 is 38.8 Å². The monoisotopic (exact) mass is 842 g/mol. The molecule has 0 radical (unpaired) electrons. The molecule has 1 saturated carbocycles. The topological polar surface area (TPSA) is 119 Å². The van der Waals surface area contributed by atoms with Gasteiger partial charge in [-0.25, -0.2) is 0 Å². The van der Waals surface area contributed by atoms with Gasteiger partial charge in [-0.2, -0.15) is 0 Å². The second-order valence-electron chi connectivity index (χ2n) is 16.6. The Bertz CT molecular complexity index is 2170. The number of nitrogens with zero attached hydrogens (tertiary/aromatic N) is 2. The van der Waals surface area contributed by atoms with Crippen LogP contribution in [-0.4, -0.2) is 79.1 Å². The fraction of sp³-hybridized carbons (Fsp3) is 0.423. The van der Waals surface area contributed by atoms with E-state index >= 15 is 0 Å². The van der Waals surface area contributed by atoms with Crippen LogP contribution in [0.15, 0.2) is 127 Å². The highest BCUT2D eigenvalue weighted by molar-refractivity contribution is 6.03. The van der Waals surface area contributed by atoms with Gasteiger partial charge in [-0.3, -0.25) is 4.79 Å². The normalized spacial score (nSPS) is 23.0. The number of hydrogen-bond acceptors (Lipinski definition) is 9. The van der Waals surface area contributed by atoms with E-state index in [0.29, 0.717) is 55.2 Å². The average Bonchev–Trinajstić information content (AvgIpc) is 3.30. The molecule has 3 aliphatic rings. The van der Waals surface area contributed by atoms with Gasteiger partial charge in [0.25, 0.3) is 0 Å². The van der Waals surface area contributed by atoms with Crippen LogP contribution in [-0.2, 0) is 20.8 Å². The van der Waals surface area contributed by atoms with Gasteiger partial charge in [0.15, 0.2) is 0 Å². The van der Waals surface area contributed by atoms with Crippen molar-refractivity contribution in [2.45, 2.75) is 82.5 Å². The Kier molecular flexibility index (Phi) is 15.2. The molecule has 0 saturated heterocycles. The summed E-state index contributed by atoms with van der Waals surface area (Å²) in [6.45, 7) is 7.03. The molecule has 6 atom stereocenters. The number of fused-ring (bicyclic) bond motifs is 2. The molecule has 10 heteroatoms. The van der Waals surface area contributed by atoms with Gasteiger partial charge in [-0.05, 0) is 109 Å².